The highest BCUT2D eigenvalue weighted by Gasteiger charge is 2.06. The van der Waals surface area contributed by atoms with Crippen molar-refractivity contribution in [3.8, 4) is 5.75 Å². The quantitative estimate of drug-likeness (QED) is 0.894. The zero-order valence-corrected chi connectivity index (χ0v) is 9.91. The maximum atomic E-state index is 13.4. The lowest BCUT2D eigenvalue weighted by Gasteiger charge is -2.09. The highest BCUT2D eigenvalue weighted by atomic mass is 19.2. The van der Waals surface area contributed by atoms with Crippen molar-refractivity contribution in [3.63, 3.8) is 0 Å². The fourth-order valence-electron chi connectivity index (χ4n) is 1.62. The minimum Gasteiger partial charge on any atom is -0.497 e. The lowest BCUT2D eigenvalue weighted by Crippen LogP contribution is -2.02. The number of halogens is 2. The van der Waals surface area contributed by atoms with Crippen LogP contribution < -0.4 is 10.1 Å². The van der Waals surface area contributed by atoms with Crippen LogP contribution in [0, 0.1) is 11.6 Å². The standard InChI is InChI=1S/C14H13F2NO/c1-18-11-5-2-4-10(8-11)9-17-13-7-3-6-12(15)14(13)16/h2-8,17H,9H2,1H3. The fourth-order valence-corrected chi connectivity index (χ4v) is 1.62. The monoisotopic (exact) mass is 249 g/mol. The number of nitrogens with one attached hydrogen (secondary N) is 1. The van der Waals surface area contributed by atoms with Gasteiger partial charge < -0.3 is 10.1 Å². The van der Waals surface area contributed by atoms with Gasteiger partial charge in [-0.3, -0.25) is 0 Å². The van der Waals surface area contributed by atoms with E-state index in [0.717, 1.165) is 17.4 Å². The molecule has 0 aliphatic heterocycles. The third-order valence-corrected chi connectivity index (χ3v) is 2.57. The molecule has 1 N–H and O–H groups in total. The van der Waals surface area contributed by atoms with Crippen LogP contribution in [0.1, 0.15) is 5.56 Å². The lowest BCUT2D eigenvalue weighted by molar-refractivity contribution is 0.414. The van der Waals surface area contributed by atoms with E-state index in [4.69, 9.17) is 4.74 Å². The molecule has 0 aliphatic rings. The van der Waals surface area contributed by atoms with E-state index in [1.807, 2.05) is 24.3 Å². The third-order valence-electron chi connectivity index (χ3n) is 2.57. The summed E-state index contributed by atoms with van der Waals surface area (Å²) in [6.45, 7) is 0.400. The van der Waals surface area contributed by atoms with Gasteiger partial charge in [0, 0.05) is 6.54 Å². The summed E-state index contributed by atoms with van der Waals surface area (Å²) < 4.78 is 31.5. The van der Waals surface area contributed by atoms with Crippen LogP contribution in [0.4, 0.5) is 14.5 Å². The summed E-state index contributed by atoms with van der Waals surface area (Å²) in [5.74, 6) is -0.986. The number of ether oxygens (including phenoxy) is 1. The van der Waals surface area contributed by atoms with E-state index in [0.29, 0.717) is 6.54 Å². The molecule has 0 spiro atoms. The van der Waals surface area contributed by atoms with Crippen molar-refractivity contribution in [1.29, 1.82) is 0 Å². The molecule has 0 amide bonds. The second kappa shape index (κ2) is 5.49. The minimum atomic E-state index is -0.861. The van der Waals surface area contributed by atoms with Crippen LogP contribution in [-0.2, 0) is 6.54 Å². The van der Waals surface area contributed by atoms with Crippen molar-refractivity contribution in [2.75, 3.05) is 12.4 Å². The van der Waals surface area contributed by atoms with E-state index in [1.54, 1.807) is 7.11 Å². The van der Waals surface area contributed by atoms with Gasteiger partial charge in [0.25, 0.3) is 0 Å². The van der Waals surface area contributed by atoms with Gasteiger partial charge in [-0.2, -0.15) is 0 Å². The molecular formula is C14H13F2NO. The highest BCUT2D eigenvalue weighted by Crippen LogP contribution is 2.18. The van der Waals surface area contributed by atoms with Crippen LogP contribution in [0.2, 0.25) is 0 Å². The molecule has 2 aromatic carbocycles. The van der Waals surface area contributed by atoms with Gasteiger partial charge in [0.1, 0.15) is 5.75 Å². The van der Waals surface area contributed by atoms with E-state index in [-0.39, 0.29) is 5.69 Å². The largest absolute Gasteiger partial charge is 0.497 e. The van der Waals surface area contributed by atoms with Gasteiger partial charge >= 0.3 is 0 Å². The summed E-state index contributed by atoms with van der Waals surface area (Å²) in [6.07, 6.45) is 0. The molecule has 18 heavy (non-hydrogen) atoms. The number of anilines is 1. The molecule has 0 radical (unpaired) electrons. The van der Waals surface area contributed by atoms with Crippen molar-refractivity contribution in [2.24, 2.45) is 0 Å². The Morgan fingerprint density at radius 3 is 2.67 bits per heavy atom. The molecule has 0 aliphatic carbocycles. The predicted molar refractivity (Wildman–Crippen MR) is 66.7 cm³/mol. The number of rotatable bonds is 4. The number of hydrogen-bond acceptors (Lipinski definition) is 2. The second-order valence-corrected chi connectivity index (χ2v) is 3.81. The molecular weight excluding hydrogens is 236 g/mol. The van der Waals surface area contributed by atoms with Crippen molar-refractivity contribution in [3.05, 3.63) is 59.7 Å². The van der Waals surface area contributed by atoms with Crippen molar-refractivity contribution in [1.82, 2.24) is 0 Å². The summed E-state index contributed by atoms with van der Waals surface area (Å²) >= 11 is 0. The van der Waals surface area contributed by atoms with Gasteiger partial charge in [0.05, 0.1) is 12.8 Å². The van der Waals surface area contributed by atoms with Crippen LogP contribution in [0.25, 0.3) is 0 Å². The second-order valence-electron chi connectivity index (χ2n) is 3.81. The van der Waals surface area contributed by atoms with Crippen LogP contribution in [0.5, 0.6) is 5.75 Å². The normalized spacial score (nSPS) is 10.2. The van der Waals surface area contributed by atoms with Crippen LogP contribution in [0.15, 0.2) is 42.5 Å². The minimum absolute atomic E-state index is 0.151. The maximum absolute atomic E-state index is 13.4. The lowest BCUT2D eigenvalue weighted by atomic mass is 10.2. The smallest absolute Gasteiger partial charge is 0.181 e. The van der Waals surface area contributed by atoms with Crippen molar-refractivity contribution in [2.45, 2.75) is 6.54 Å². The first-order chi connectivity index (χ1) is 8.70. The van der Waals surface area contributed by atoms with Gasteiger partial charge in [-0.25, -0.2) is 8.78 Å². The average Bonchev–Trinajstić information content (AvgIpc) is 2.41. The Morgan fingerprint density at radius 1 is 1.11 bits per heavy atom. The number of methoxy groups -OCH3 is 1. The van der Waals surface area contributed by atoms with E-state index in [2.05, 4.69) is 5.32 Å². The molecule has 0 bridgehead atoms. The zero-order valence-electron chi connectivity index (χ0n) is 9.91. The van der Waals surface area contributed by atoms with Crippen molar-refractivity contribution < 1.29 is 13.5 Å². The molecule has 0 aromatic heterocycles. The predicted octanol–water partition coefficient (Wildman–Crippen LogP) is 3.59. The van der Waals surface area contributed by atoms with Gasteiger partial charge in [0.2, 0.25) is 0 Å². The van der Waals surface area contributed by atoms with Gasteiger partial charge in [-0.05, 0) is 29.8 Å². The first-order valence-electron chi connectivity index (χ1n) is 5.51. The summed E-state index contributed by atoms with van der Waals surface area (Å²) in [4.78, 5) is 0. The molecule has 2 rings (SSSR count). The number of benzene rings is 2. The van der Waals surface area contributed by atoms with Crippen LogP contribution >= 0.6 is 0 Å². The van der Waals surface area contributed by atoms with Crippen LogP contribution in [-0.4, -0.2) is 7.11 Å². The molecule has 2 nitrogen and oxygen atoms in total. The van der Waals surface area contributed by atoms with Gasteiger partial charge in [0.15, 0.2) is 11.6 Å². The molecule has 94 valence electrons. The Morgan fingerprint density at radius 2 is 1.89 bits per heavy atom. The molecule has 0 saturated heterocycles. The van der Waals surface area contributed by atoms with Gasteiger partial charge in [-0.1, -0.05) is 18.2 Å². The Hall–Kier alpha value is -2.10. The highest BCUT2D eigenvalue weighted by molar-refractivity contribution is 5.45. The van der Waals surface area contributed by atoms with E-state index < -0.39 is 11.6 Å². The van der Waals surface area contributed by atoms with Crippen LogP contribution in [0.3, 0.4) is 0 Å². The molecule has 0 fully saturated rings. The topological polar surface area (TPSA) is 21.3 Å². The van der Waals surface area contributed by atoms with Crippen molar-refractivity contribution >= 4 is 5.69 Å². The molecule has 2 aromatic rings. The molecule has 0 saturated carbocycles. The first-order valence-corrected chi connectivity index (χ1v) is 5.51. The summed E-state index contributed by atoms with van der Waals surface area (Å²) in [5, 5.41) is 2.85. The SMILES string of the molecule is COc1cccc(CNc2cccc(F)c2F)c1. The molecule has 0 heterocycles. The fraction of sp³-hybridized carbons (Fsp3) is 0.143. The maximum Gasteiger partial charge on any atom is 0.181 e. The summed E-state index contributed by atoms with van der Waals surface area (Å²) in [6, 6.07) is 11.4. The molecule has 4 heteroatoms. The first kappa shape index (κ1) is 12.4. The Labute approximate surface area is 104 Å². The third kappa shape index (κ3) is 2.77. The summed E-state index contributed by atoms with van der Waals surface area (Å²) in [7, 11) is 1.58. The average molecular weight is 249 g/mol. The Balaban J connectivity index is 2.09. The Bertz CT molecular complexity index is 543. The molecule has 0 unspecified atom stereocenters. The molecule has 0 atom stereocenters. The van der Waals surface area contributed by atoms with E-state index >= 15 is 0 Å². The number of hydrogen-bond donors (Lipinski definition) is 1. The summed E-state index contributed by atoms with van der Waals surface area (Å²) in [5.41, 5.74) is 1.08. The van der Waals surface area contributed by atoms with Gasteiger partial charge in [-0.15, -0.1) is 0 Å². The zero-order chi connectivity index (χ0) is 13.0. The Kier molecular flexibility index (Phi) is 3.77. The van der Waals surface area contributed by atoms with E-state index in [9.17, 15) is 8.78 Å². The van der Waals surface area contributed by atoms with E-state index in [1.165, 1.54) is 12.1 Å².